The summed E-state index contributed by atoms with van der Waals surface area (Å²) >= 11 is 0. The van der Waals surface area contributed by atoms with Crippen molar-refractivity contribution in [3.63, 3.8) is 0 Å². The molecule has 7 heteroatoms. The quantitative estimate of drug-likeness (QED) is 0.139. The summed E-state index contributed by atoms with van der Waals surface area (Å²) in [5.74, 6) is -2.74. The van der Waals surface area contributed by atoms with E-state index in [9.17, 15) is 17.6 Å². The van der Waals surface area contributed by atoms with Crippen LogP contribution in [0.1, 0.15) is 12.8 Å². The topological polar surface area (TPSA) is 9.86 Å². The van der Waals surface area contributed by atoms with Crippen molar-refractivity contribution in [1.29, 1.82) is 0 Å². The van der Waals surface area contributed by atoms with E-state index in [-0.39, 0.29) is 21.7 Å². The van der Waals surface area contributed by atoms with Crippen LogP contribution in [-0.2, 0) is 21.7 Å². The molecule has 2 heterocycles. The van der Waals surface area contributed by atoms with Crippen molar-refractivity contribution in [1.82, 2.24) is 9.13 Å². The summed E-state index contributed by atoms with van der Waals surface area (Å²) in [7, 11) is 0. The molecule has 0 unspecified atom stereocenters. The molecule has 2 aliphatic carbocycles. The van der Waals surface area contributed by atoms with E-state index in [1.165, 1.54) is 24.3 Å². The first kappa shape index (κ1) is 29.6. The average Bonchev–Trinajstić information content (AvgIpc) is 3.69. The van der Waals surface area contributed by atoms with Crippen LogP contribution in [0.25, 0.3) is 11.4 Å². The van der Waals surface area contributed by atoms with E-state index in [1.807, 2.05) is 12.1 Å². The van der Waals surface area contributed by atoms with Gasteiger partial charge in [-0.05, 0) is 73.3 Å². The van der Waals surface area contributed by atoms with Crippen LogP contribution in [0.4, 0.5) is 17.6 Å². The number of hydrogen-bond donors (Lipinski definition) is 0. The molecule has 0 atom stereocenters. The van der Waals surface area contributed by atoms with Gasteiger partial charge in [0.2, 0.25) is 0 Å². The molecule has 2 aromatic heterocycles. The number of hydrogen-bond acceptors (Lipinski definition) is 0. The van der Waals surface area contributed by atoms with Gasteiger partial charge in [0.1, 0.15) is 0 Å². The van der Waals surface area contributed by atoms with Crippen LogP contribution in [0.5, 0.6) is 0 Å². The van der Waals surface area contributed by atoms with Gasteiger partial charge in [-0.3, -0.25) is 0 Å². The van der Waals surface area contributed by atoms with Crippen molar-refractivity contribution in [3.05, 3.63) is 157 Å². The molecule has 0 fully saturated rings. The number of allylic oxidation sites excluding steroid dienone is 8. The van der Waals surface area contributed by atoms with Crippen LogP contribution >= 0.6 is 0 Å². The summed E-state index contributed by atoms with van der Waals surface area (Å²) < 4.78 is 54.3. The SMILES string of the molecule is C1=CCC=C1.C1=CCC=C1.Fc1[c-]c(F)c(-n2cccc2)cc1.Fc1[c-]c(F)c(-n2cccc2)cc1.[Ti+2]. The predicted molar refractivity (Wildman–Crippen MR) is 135 cm³/mol. The first-order valence-electron chi connectivity index (χ1n) is 11.2. The van der Waals surface area contributed by atoms with Gasteiger partial charge in [-0.15, -0.1) is 36.4 Å². The van der Waals surface area contributed by atoms with Gasteiger partial charge in [-0.1, -0.05) is 48.6 Å². The minimum atomic E-state index is -0.687. The molecule has 37 heavy (non-hydrogen) atoms. The number of aromatic nitrogens is 2. The van der Waals surface area contributed by atoms with E-state index in [0.29, 0.717) is 11.4 Å². The van der Waals surface area contributed by atoms with E-state index in [2.05, 4.69) is 48.6 Å². The van der Waals surface area contributed by atoms with E-state index >= 15 is 0 Å². The predicted octanol–water partition coefficient (Wildman–Crippen LogP) is 8.11. The molecule has 0 saturated heterocycles. The average molecular weight is 536 g/mol. The van der Waals surface area contributed by atoms with Gasteiger partial charge in [0, 0.05) is 23.3 Å². The van der Waals surface area contributed by atoms with Crippen LogP contribution in [0.3, 0.4) is 0 Å². The van der Waals surface area contributed by atoms with E-state index in [1.54, 1.807) is 58.2 Å². The van der Waals surface area contributed by atoms with Crippen LogP contribution in [0.2, 0.25) is 0 Å². The maximum absolute atomic E-state index is 13.1. The van der Waals surface area contributed by atoms with Gasteiger partial charge < -0.3 is 9.13 Å². The van der Waals surface area contributed by atoms with E-state index in [4.69, 9.17) is 0 Å². The minimum Gasteiger partial charge on any atom is -0.375 e. The normalized spacial score (nSPS) is 12.0. The van der Waals surface area contributed by atoms with E-state index < -0.39 is 23.3 Å². The molecule has 0 N–H and O–H groups in total. The number of nitrogens with zero attached hydrogens (tertiary/aromatic N) is 2. The zero-order chi connectivity index (χ0) is 25.6. The Kier molecular flexibility index (Phi) is 13.0. The fraction of sp³-hybridized carbons (Fsp3) is 0.0667. The molecule has 4 aromatic rings. The maximum Gasteiger partial charge on any atom is 2.00 e. The smallest absolute Gasteiger partial charge is 0.375 e. The Hall–Kier alpha value is -3.61. The van der Waals surface area contributed by atoms with Crippen molar-refractivity contribution in [3.8, 4) is 11.4 Å². The Bertz CT molecular complexity index is 1200. The third kappa shape index (κ3) is 10.1. The van der Waals surface area contributed by atoms with Gasteiger partial charge in [0.15, 0.2) is 0 Å². The summed E-state index contributed by atoms with van der Waals surface area (Å²) in [4.78, 5) is 0. The molecule has 0 saturated carbocycles. The maximum atomic E-state index is 13.1. The van der Waals surface area contributed by atoms with Gasteiger partial charge in [0.25, 0.3) is 0 Å². The second-order valence-electron chi connectivity index (χ2n) is 7.38. The molecule has 2 aliphatic rings. The zero-order valence-corrected chi connectivity index (χ0v) is 21.4. The molecular weight excluding hydrogens is 512 g/mol. The fourth-order valence-electron chi connectivity index (χ4n) is 3.05. The molecule has 0 spiro atoms. The van der Waals surface area contributed by atoms with Crippen LogP contribution in [0, 0.1) is 35.4 Å². The zero-order valence-electron chi connectivity index (χ0n) is 19.9. The van der Waals surface area contributed by atoms with Gasteiger partial charge in [-0.25, -0.2) is 17.6 Å². The molecule has 0 bridgehead atoms. The summed E-state index contributed by atoms with van der Waals surface area (Å²) in [5, 5.41) is 0. The van der Waals surface area contributed by atoms with Crippen molar-refractivity contribution in [2.45, 2.75) is 12.8 Å². The van der Waals surface area contributed by atoms with Gasteiger partial charge in [0.05, 0.1) is 0 Å². The number of halogens is 4. The first-order valence-corrected chi connectivity index (χ1v) is 11.2. The minimum absolute atomic E-state index is 0. The standard InChI is InChI=1S/2C10H6F2N.2C5H6.Ti/c2*11-8-3-4-10(9(12)7-8)13-5-1-2-6-13;2*1-2-4-5-3-1;/h2*1-6H;2*1-4H,5H2;/q2*-1;;;+2. The van der Waals surface area contributed by atoms with Crippen molar-refractivity contribution in [2.24, 2.45) is 0 Å². The molecule has 186 valence electrons. The van der Waals surface area contributed by atoms with Crippen molar-refractivity contribution < 1.29 is 39.3 Å². The second kappa shape index (κ2) is 16.2. The summed E-state index contributed by atoms with van der Waals surface area (Å²) in [5.41, 5.74) is 0.595. The first-order chi connectivity index (χ1) is 17.5. The molecule has 2 nitrogen and oxygen atoms in total. The van der Waals surface area contributed by atoms with Gasteiger partial charge in [-0.2, -0.15) is 0 Å². The van der Waals surface area contributed by atoms with Crippen LogP contribution in [-0.4, -0.2) is 9.13 Å². The molecule has 2 aromatic carbocycles. The Morgan fingerprint density at radius 2 is 0.838 bits per heavy atom. The molecule has 0 radical (unpaired) electrons. The number of rotatable bonds is 2. The molecule has 0 aliphatic heterocycles. The van der Waals surface area contributed by atoms with Crippen molar-refractivity contribution in [2.75, 3.05) is 0 Å². The number of benzene rings is 2. The summed E-state index contributed by atoms with van der Waals surface area (Å²) in [6.45, 7) is 0. The summed E-state index contributed by atoms with van der Waals surface area (Å²) in [6.07, 6.45) is 25.7. The third-order valence-electron chi connectivity index (χ3n) is 4.76. The van der Waals surface area contributed by atoms with Crippen molar-refractivity contribution >= 4 is 0 Å². The van der Waals surface area contributed by atoms with E-state index in [0.717, 1.165) is 12.8 Å². The van der Waals surface area contributed by atoms with Crippen LogP contribution < -0.4 is 0 Å². The fourth-order valence-corrected chi connectivity index (χ4v) is 3.05. The molecular formula is C30H24F4N2Ti. The Labute approximate surface area is 229 Å². The summed E-state index contributed by atoms with van der Waals surface area (Å²) in [6, 6.07) is 16.1. The monoisotopic (exact) mass is 536 g/mol. The van der Waals surface area contributed by atoms with Crippen LogP contribution in [0.15, 0.2) is 122 Å². The molecule has 0 amide bonds. The molecule has 6 rings (SSSR count). The Morgan fingerprint density at radius 3 is 1.08 bits per heavy atom. The van der Waals surface area contributed by atoms with Gasteiger partial charge >= 0.3 is 21.7 Å². The Balaban J connectivity index is 0.000000187. The second-order valence-corrected chi connectivity index (χ2v) is 7.38. The largest absolute Gasteiger partial charge is 2.00 e. The Morgan fingerprint density at radius 1 is 0.514 bits per heavy atom. The third-order valence-corrected chi connectivity index (χ3v) is 4.76.